The van der Waals surface area contributed by atoms with Crippen LogP contribution in [0.1, 0.15) is 16.1 Å². The number of aromatic nitrogens is 1. The third-order valence-corrected chi connectivity index (χ3v) is 3.02. The molecular formula is C12H13N3O2S. The number of anilines is 1. The molecule has 0 fully saturated rings. The van der Waals surface area contributed by atoms with Gasteiger partial charge in [0.25, 0.3) is 5.91 Å². The quantitative estimate of drug-likeness (QED) is 0.822. The van der Waals surface area contributed by atoms with Gasteiger partial charge >= 0.3 is 0 Å². The lowest BCUT2D eigenvalue weighted by Crippen LogP contribution is -2.23. The molecule has 0 aliphatic heterocycles. The molecule has 1 amide bonds. The van der Waals surface area contributed by atoms with Gasteiger partial charge in [-0.25, -0.2) is 4.98 Å². The molecule has 5 nitrogen and oxygen atoms in total. The third kappa shape index (κ3) is 2.78. The molecule has 94 valence electrons. The Morgan fingerprint density at radius 1 is 1.56 bits per heavy atom. The van der Waals surface area contributed by atoms with Crippen LogP contribution < -0.4 is 15.8 Å². The Morgan fingerprint density at radius 3 is 3.06 bits per heavy atom. The van der Waals surface area contributed by atoms with Crippen molar-refractivity contribution in [2.75, 3.05) is 12.8 Å². The average Bonchev–Trinajstić information content (AvgIpc) is 2.88. The molecule has 0 spiro atoms. The lowest BCUT2D eigenvalue weighted by Gasteiger charge is -2.09. The van der Waals surface area contributed by atoms with Crippen molar-refractivity contribution in [1.82, 2.24) is 10.3 Å². The van der Waals surface area contributed by atoms with Crippen molar-refractivity contribution in [2.45, 2.75) is 6.54 Å². The maximum absolute atomic E-state index is 12.0. The number of carbonyl (C=O) groups is 1. The summed E-state index contributed by atoms with van der Waals surface area (Å²) in [6, 6.07) is 4.93. The molecule has 0 aliphatic carbocycles. The van der Waals surface area contributed by atoms with Crippen LogP contribution in [0, 0.1) is 0 Å². The molecule has 2 rings (SSSR count). The van der Waals surface area contributed by atoms with Crippen LogP contribution in [0.25, 0.3) is 0 Å². The van der Waals surface area contributed by atoms with E-state index in [9.17, 15) is 4.79 Å². The largest absolute Gasteiger partial charge is 0.496 e. The molecule has 1 heterocycles. The smallest absolute Gasteiger partial charge is 0.255 e. The van der Waals surface area contributed by atoms with Crippen molar-refractivity contribution in [1.29, 1.82) is 0 Å². The number of rotatable bonds is 4. The Morgan fingerprint density at radius 2 is 2.39 bits per heavy atom. The molecule has 1 aromatic heterocycles. The van der Waals surface area contributed by atoms with Crippen LogP contribution in [0.2, 0.25) is 0 Å². The SMILES string of the molecule is COc1cc(N)ccc1C(=O)NCc1cscn1. The summed E-state index contributed by atoms with van der Waals surface area (Å²) in [6.45, 7) is 0.399. The van der Waals surface area contributed by atoms with Crippen molar-refractivity contribution >= 4 is 22.9 Å². The molecule has 0 aliphatic rings. The number of nitrogens with zero attached hydrogens (tertiary/aromatic N) is 1. The molecule has 2 aromatic rings. The second-order valence-corrected chi connectivity index (χ2v) is 4.34. The number of nitrogens with one attached hydrogen (secondary N) is 1. The van der Waals surface area contributed by atoms with Crippen LogP contribution in [0.5, 0.6) is 5.75 Å². The van der Waals surface area contributed by atoms with Crippen LogP contribution in [0.3, 0.4) is 0 Å². The van der Waals surface area contributed by atoms with E-state index in [1.807, 2.05) is 5.38 Å². The van der Waals surface area contributed by atoms with Crippen molar-refractivity contribution in [3.8, 4) is 5.75 Å². The summed E-state index contributed by atoms with van der Waals surface area (Å²) in [7, 11) is 1.51. The van der Waals surface area contributed by atoms with E-state index in [4.69, 9.17) is 10.5 Å². The summed E-state index contributed by atoms with van der Waals surface area (Å²) < 4.78 is 5.13. The standard InChI is InChI=1S/C12H13N3O2S/c1-17-11-4-8(13)2-3-10(11)12(16)14-5-9-6-18-7-15-9/h2-4,6-7H,5,13H2,1H3,(H,14,16). The Hall–Kier alpha value is -2.08. The minimum Gasteiger partial charge on any atom is -0.496 e. The maximum atomic E-state index is 12.0. The molecule has 18 heavy (non-hydrogen) atoms. The summed E-state index contributed by atoms with van der Waals surface area (Å²) in [6.07, 6.45) is 0. The number of benzene rings is 1. The van der Waals surface area contributed by atoms with Gasteiger partial charge in [0.2, 0.25) is 0 Å². The number of nitrogens with two attached hydrogens (primary N) is 1. The number of amides is 1. The fourth-order valence-electron chi connectivity index (χ4n) is 1.49. The van der Waals surface area contributed by atoms with Crippen LogP contribution in [0.4, 0.5) is 5.69 Å². The topological polar surface area (TPSA) is 77.2 Å². The van der Waals surface area contributed by atoms with Gasteiger partial charge in [-0.1, -0.05) is 0 Å². The van der Waals surface area contributed by atoms with Gasteiger partial charge in [-0.2, -0.15) is 0 Å². The highest BCUT2D eigenvalue weighted by molar-refractivity contribution is 7.07. The average molecular weight is 263 g/mol. The molecule has 0 saturated carbocycles. The summed E-state index contributed by atoms with van der Waals surface area (Å²) in [5.74, 6) is 0.255. The van der Waals surface area contributed by atoms with Gasteiger partial charge < -0.3 is 15.8 Å². The van der Waals surface area contributed by atoms with Crippen LogP contribution >= 0.6 is 11.3 Å². The lowest BCUT2D eigenvalue weighted by atomic mass is 10.1. The van der Waals surface area contributed by atoms with E-state index in [0.29, 0.717) is 23.5 Å². The fraction of sp³-hybridized carbons (Fsp3) is 0.167. The van der Waals surface area contributed by atoms with Crippen molar-refractivity contribution in [3.63, 3.8) is 0 Å². The first-order valence-electron chi connectivity index (χ1n) is 5.29. The van der Waals surface area contributed by atoms with E-state index in [-0.39, 0.29) is 5.91 Å². The van der Waals surface area contributed by atoms with Gasteiger partial charge in [-0.3, -0.25) is 4.79 Å². The number of carbonyl (C=O) groups excluding carboxylic acids is 1. The van der Waals surface area contributed by atoms with E-state index in [1.165, 1.54) is 18.4 Å². The monoisotopic (exact) mass is 263 g/mol. The zero-order valence-corrected chi connectivity index (χ0v) is 10.7. The fourth-order valence-corrected chi connectivity index (χ4v) is 2.04. The van der Waals surface area contributed by atoms with Crippen molar-refractivity contribution < 1.29 is 9.53 Å². The molecular weight excluding hydrogens is 250 g/mol. The number of thiazole rings is 1. The third-order valence-electron chi connectivity index (χ3n) is 2.38. The minimum absolute atomic E-state index is 0.208. The summed E-state index contributed by atoms with van der Waals surface area (Å²) in [5.41, 5.74) is 9.22. The molecule has 0 radical (unpaired) electrons. The van der Waals surface area contributed by atoms with Crippen LogP contribution in [-0.2, 0) is 6.54 Å². The zero-order valence-electron chi connectivity index (χ0n) is 9.84. The highest BCUT2D eigenvalue weighted by Crippen LogP contribution is 2.21. The number of methoxy groups -OCH3 is 1. The number of hydrogen-bond donors (Lipinski definition) is 2. The van der Waals surface area contributed by atoms with Crippen molar-refractivity contribution in [2.24, 2.45) is 0 Å². The number of ether oxygens (including phenoxy) is 1. The highest BCUT2D eigenvalue weighted by Gasteiger charge is 2.12. The van der Waals surface area contributed by atoms with Crippen molar-refractivity contribution in [3.05, 3.63) is 40.3 Å². The van der Waals surface area contributed by atoms with Gasteiger partial charge in [0.1, 0.15) is 5.75 Å². The second-order valence-electron chi connectivity index (χ2n) is 3.62. The van der Waals surface area contributed by atoms with Gasteiger partial charge in [0.15, 0.2) is 0 Å². The van der Waals surface area contributed by atoms with E-state index >= 15 is 0 Å². The lowest BCUT2D eigenvalue weighted by molar-refractivity contribution is 0.0947. The van der Waals surface area contributed by atoms with E-state index in [0.717, 1.165) is 5.69 Å². The second kappa shape index (κ2) is 5.50. The molecule has 1 aromatic carbocycles. The number of hydrogen-bond acceptors (Lipinski definition) is 5. The molecule has 0 atom stereocenters. The van der Waals surface area contributed by atoms with Gasteiger partial charge in [-0.15, -0.1) is 11.3 Å². The first-order chi connectivity index (χ1) is 8.70. The van der Waals surface area contributed by atoms with Crippen LogP contribution in [0.15, 0.2) is 29.1 Å². The van der Waals surface area contributed by atoms with E-state index < -0.39 is 0 Å². The minimum atomic E-state index is -0.208. The van der Waals surface area contributed by atoms with Gasteiger partial charge in [0, 0.05) is 17.1 Å². The van der Waals surface area contributed by atoms with Gasteiger partial charge in [-0.05, 0) is 12.1 Å². The predicted molar refractivity (Wildman–Crippen MR) is 70.7 cm³/mol. The Labute approximate surface area is 109 Å². The maximum Gasteiger partial charge on any atom is 0.255 e. The molecule has 3 N–H and O–H groups in total. The van der Waals surface area contributed by atoms with E-state index in [2.05, 4.69) is 10.3 Å². The molecule has 6 heteroatoms. The molecule has 0 unspecified atom stereocenters. The van der Waals surface area contributed by atoms with Gasteiger partial charge in [0.05, 0.1) is 30.4 Å². The van der Waals surface area contributed by atoms with E-state index in [1.54, 1.807) is 23.7 Å². The Bertz CT molecular complexity index is 540. The molecule has 0 bridgehead atoms. The number of nitrogen functional groups attached to an aromatic ring is 1. The normalized spacial score (nSPS) is 10.1. The highest BCUT2D eigenvalue weighted by atomic mass is 32.1. The summed E-state index contributed by atoms with van der Waals surface area (Å²) in [5, 5.41) is 4.67. The predicted octanol–water partition coefficient (Wildman–Crippen LogP) is 1.66. The zero-order chi connectivity index (χ0) is 13.0. The Kier molecular flexibility index (Phi) is 3.78. The summed E-state index contributed by atoms with van der Waals surface area (Å²) >= 11 is 1.49. The Balaban J connectivity index is 2.09. The van der Waals surface area contributed by atoms with Crippen LogP contribution in [-0.4, -0.2) is 18.0 Å². The summed E-state index contributed by atoms with van der Waals surface area (Å²) in [4.78, 5) is 16.1. The molecule has 0 saturated heterocycles. The first kappa shape index (κ1) is 12.4. The first-order valence-corrected chi connectivity index (χ1v) is 6.24.